The molecule has 2 aromatic heterocycles. The fourth-order valence-electron chi connectivity index (χ4n) is 3.19. The normalized spacial score (nSPS) is 10.9. The minimum Gasteiger partial charge on any atom is -0.350 e. The molecule has 0 spiro atoms. The highest BCUT2D eigenvalue weighted by molar-refractivity contribution is 5.94. The monoisotopic (exact) mass is 356 g/mol. The highest BCUT2D eigenvalue weighted by atomic mass is 16.1. The number of rotatable bonds is 5. The first-order chi connectivity index (χ1) is 13.2. The van der Waals surface area contributed by atoms with Gasteiger partial charge in [-0.2, -0.15) is 0 Å². The number of carbonyl (C=O) groups excluding carboxylic acids is 1. The predicted octanol–water partition coefficient (Wildman–Crippen LogP) is 3.84. The summed E-state index contributed by atoms with van der Waals surface area (Å²) in [6.45, 7) is 3.14. The molecule has 0 saturated heterocycles. The lowest BCUT2D eigenvalue weighted by Gasteiger charge is -2.11. The van der Waals surface area contributed by atoms with Crippen LogP contribution in [0, 0.1) is 6.92 Å². The van der Waals surface area contributed by atoms with Gasteiger partial charge in [0.15, 0.2) is 0 Å². The third kappa shape index (κ3) is 3.58. The second kappa shape index (κ2) is 7.41. The van der Waals surface area contributed by atoms with Crippen LogP contribution in [0.1, 0.15) is 15.9 Å². The van der Waals surface area contributed by atoms with Crippen molar-refractivity contribution < 1.29 is 4.79 Å². The van der Waals surface area contributed by atoms with Gasteiger partial charge in [0.1, 0.15) is 5.82 Å². The molecule has 2 aromatic carbocycles. The summed E-state index contributed by atoms with van der Waals surface area (Å²) in [7, 11) is 0. The minimum absolute atomic E-state index is 0.0615. The molecule has 0 aliphatic carbocycles. The van der Waals surface area contributed by atoms with Gasteiger partial charge < -0.3 is 9.88 Å². The molecule has 0 aliphatic rings. The van der Waals surface area contributed by atoms with Crippen LogP contribution >= 0.6 is 0 Å². The van der Waals surface area contributed by atoms with Crippen LogP contribution < -0.4 is 5.32 Å². The van der Waals surface area contributed by atoms with Crippen molar-refractivity contribution in [2.75, 3.05) is 6.54 Å². The number of fused-ring (bicyclic) bond motifs is 1. The largest absolute Gasteiger partial charge is 0.350 e. The Morgan fingerprint density at radius 2 is 1.85 bits per heavy atom. The van der Waals surface area contributed by atoms with E-state index in [-0.39, 0.29) is 5.91 Å². The van der Waals surface area contributed by atoms with Crippen LogP contribution in [0.4, 0.5) is 0 Å². The Labute approximate surface area is 157 Å². The van der Waals surface area contributed by atoms with E-state index in [1.807, 2.05) is 61.5 Å². The number of para-hydroxylation sites is 2. The summed E-state index contributed by atoms with van der Waals surface area (Å²) >= 11 is 0. The van der Waals surface area contributed by atoms with Crippen molar-refractivity contribution in [3.05, 3.63) is 84.2 Å². The van der Waals surface area contributed by atoms with E-state index >= 15 is 0 Å². The Morgan fingerprint density at radius 3 is 2.67 bits per heavy atom. The maximum atomic E-state index is 12.4. The summed E-state index contributed by atoms with van der Waals surface area (Å²) < 4.78 is 2.14. The molecule has 5 nitrogen and oxygen atoms in total. The molecular weight excluding hydrogens is 336 g/mol. The molecule has 27 heavy (non-hydrogen) atoms. The Kier molecular flexibility index (Phi) is 4.66. The van der Waals surface area contributed by atoms with Gasteiger partial charge in [0.2, 0.25) is 0 Å². The van der Waals surface area contributed by atoms with Crippen LogP contribution in [-0.2, 0) is 6.54 Å². The van der Waals surface area contributed by atoms with Gasteiger partial charge in [-0.25, -0.2) is 4.98 Å². The lowest BCUT2D eigenvalue weighted by molar-refractivity contribution is 0.0952. The number of nitrogens with zero attached hydrogens (tertiary/aromatic N) is 3. The average molecular weight is 356 g/mol. The number of hydrogen-bond donors (Lipinski definition) is 1. The third-order valence-corrected chi connectivity index (χ3v) is 4.49. The Morgan fingerprint density at radius 1 is 1.04 bits per heavy atom. The SMILES string of the molecule is Cc1cccc(C(=O)NCCn2c(-c3ccncc3)nc3ccccc32)c1. The second-order valence-corrected chi connectivity index (χ2v) is 6.44. The van der Waals surface area contributed by atoms with E-state index < -0.39 is 0 Å². The highest BCUT2D eigenvalue weighted by Crippen LogP contribution is 2.24. The molecule has 0 fully saturated rings. The number of nitrogens with one attached hydrogen (secondary N) is 1. The quantitative estimate of drug-likeness (QED) is 0.591. The lowest BCUT2D eigenvalue weighted by atomic mass is 10.1. The molecule has 4 aromatic rings. The van der Waals surface area contributed by atoms with Gasteiger partial charge >= 0.3 is 0 Å². The van der Waals surface area contributed by atoms with Crippen LogP contribution in [0.15, 0.2) is 73.1 Å². The summed E-state index contributed by atoms with van der Waals surface area (Å²) in [5.74, 6) is 0.817. The first kappa shape index (κ1) is 17.0. The fourth-order valence-corrected chi connectivity index (χ4v) is 3.19. The number of aryl methyl sites for hydroxylation is 1. The number of amides is 1. The molecule has 5 heteroatoms. The number of carbonyl (C=O) groups is 1. The van der Waals surface area contributed by atoms with Gasteiger partial charge in [0.05, 0.1) is 11.0 Å². The van der Waals surface area contributed by atoms with Crippen LogP contribution in [-0.4, -0.2) is 27.0 Å². The number of pyridine rings is 1. The molecule has 0 saturated carbocycles. The number of benzene rings is 2. The van der Waals surface area contributed by atoms with E-state index in [0.29, 0.717) is 18.7 Å². The first-order valence-electron chi connectivity index (χ1n) is 8.93. The smallest absolute Gasteiger partial charge is 0.251 e. The molecule has 4 rings (SSSR count). The molecule has 0 aliphatic heterocycles. The second-order valence-electron chi connectivity index (χ2n) is 6.44. The van der Waals surface area contributed by atoms with Crippen molar-refractivity contribution >= 4 is 16.9 Å². The molecule has 0 unspecified atom stereocenters. The fraction of sp³-hybridized carbons (Fsp3) is 0.136. The van der Waals surface area contributed by atoms with E-state index in [0.717, 1.165) is 28.0 Å². The maximum absolute atomic E-state index is 12.4. The topological polar surface area (TPSA) is 59.8 Å². The van der Waals surface area contributed by atoms with Crippen molar-refractivity contribution in [1.29, 1.82) is 0 Å². The van der Waals surface area contributed by atoms with Crippen molar-refractivity contribution in [3.8, 4) is 11.4 Å². The number of aromatic nitrogens is 3. The van der Waals surface area contributed by atoms with E-state index in [9.17, 15) is 4.79 Å². The standard InChI is InChI=1S/C22H20N4O/c1-16-5-4-6-18(15-16)22(27)24-13-14-26-20-8-3-2-7-19(20)25-21(26)17-9-11-23-12-10-17/h2-12,15H,13-14H2,1H3,(H,24,27). The van der Waals surface area contributed by atoms with Crippen LogP contribution in [0.5, 0.6) is 0 Å². The summed E-state index contributed by atoms with van der Waals surface area (Å²) in [6, 6.07) is 19.5. The molecule has 0 bridgehead atoms. The van der Waals surface area contributed by atoms with Gasteiger partial charge in [-0.15, -0.1) is 0 Å². The first-order valence-corrected chi connectivity index (χ1v) is 8.93. The number of hydrogen-bond acceptors (Lipinski definition) is 3. The van der Waals surface area contributed by atoms with Gasteiger partial charge in [-0.1, -0.05) is 29.8 Å². The molecular formula is C22H20N4O. The van der Waals surface area contributed by atoms with Crippen molar-refractivity contribution in [2.45, 2.75) is 13.5 Å². The number of imidazole rings is 1. The van der Waals surface area contributed by atoms with Crippen molar-refractivity contribution in [1.82, 2.24) is 19.9 Å². The molecule has 1 N–H and O–H groups in total. The van der Waals surface area contributed by atoms with E-state index in [1.165, 1.54) is 0 Å². The van der Waals surface area contributed by atoms with Crippen molar-refractivity contribution in [3.63, 3.8) is 0 Å². The Hall–Kier alpha value is -3.47. The Balaban J connectivity index is 1.57. The summed E-state index contributed by atoms with van der Waals surface area (Å²) in [6.07, 6.45) is 3.52. The van der Waals surface area contributed by atoms with Crippen LogP contribution in [0.25, 0.3) is 22.4 Å². The predicted molar refractivity (Wildman–Crippen MR) is 106 cm³/mol. The maximum Gasteiger partial charge on any atom is 0.251 e. The van der Waals surface area contributed by atoms with E-state index in [1.54, 1.807) is 12.4 Å². The molecule has 0 atom stereocenters. The Bertz CT molecular complexity index is 1090. The highest BCUT2D eigenvalue weighted by Gasteiger charge is 2.12. The van der Waals surface area contributed by atoms with Gasteiger partial charge in [-0.3, -0.25) is 9.78 Å². The van der Waals surface area contributed by atoms with Gasteiger partial charge in [-0.05, 0) is 43.3 Å². The molecule has 1 amide bonds. The zero-order valence-corrected chi connectivity index (χ0v) is 15.1. The molecule has 134 valence electrons. The van der Waals surface area contributed by atoms with Crippen LogP contribution in [0.2, 0.25) is 0 Å². The molecule has 0 radical (unpaired) electrons. The lowest BCUT2D eigenvalue weighted by Crippen LogP contribution is -2.27. The van der Waals surface area contributed by atoms with Crippen molar-refractivity contribution in [2.24, 2.45) is 0 Å². The van der Waals surface area contributed by atoms with E-state index in [4.69, 9.17) is 4.98 Å². The van der Waals surface area contributed by atoms with Gasteiger partial charge in [0, 0.05) is 36.6 Å². The zero-order chi connectivity index (χ0) is 18.6. The summed E-state index contributed by atoms with van der Waals surface area (Å²) in [4.78, 5) is 21.3. The third-order valence-electron chi connectivity index (χ3n) is 4.49. The minimum atomic E-state index is -0.0615. The molecule has 2 heterocycles. The van der Waals surface area contributed by atoms with Crippen LogP contribution in [0.3, 0.4) is 0 Å². The van der Waals surface area contributed by atoms with Gasteiger partial charge in [0.25, 0.3) is 5.91 Å². The zero-order valence-electron chi connectivity index (χ0n) is 15.1. The average Bonchev–Trinajstić information content (AvgIpc) is 3.07. The van der Waals surface area contributed by atoms with E-state index in [2.05, 4.69) is 20.9 Å². The summed E-state index contributed by atoms with van der Waals surface area (Å²) in [5, 5.41) is 3.01. The summed E-state index contributed by atoms with van der Waals surface area (Å²) in [5.41, 5.74) is 4.75.